The van der Waals surface area contributed by atoms with Crippen LogP contribution in [-0.2, 0) is 5.41 Å². The van der Waals surface area contributed by atoms with Crippen molar-refractivity contribution in [3.63, 3.8) is 0 Å². The minimum Gasteiger partial charge on any atom is -0.308 e. The molecule has 0 radical (unpaired) electrons. The molecule has 262 valence electrons. The van der Waals surface area contributed by atoms with Crippen LogP contribution in [0.15, 0.2) is 133 Å². The minimum absolute atomic E-state index is 0.0408. The van der Waals surface area contributed by atoms with Gasteiger partial charge >= 0.3 is 0 Å². The standard InChI is InChI=1S/C54H26N4/c55-23-26-17-18-30-27(19-26)20-37-46-40(21-28(24-56)42-44-31-9-1-3-11-33(31)45(49(42)46)34-12-4-2-10-32(34)44)58-41-22-29(25-57)43-50(48(41)47(30)53(37)58)52-36-14-6-8-16-39(36)54(52)38-15-7-5-13-35(38)51(43)54/h1-22,44-45,51-52H. The minimum atomic E-state index is -0.208. The molecule has 1 spiro atoms. The van der Waals surface area contributed by atoms with Gasteiger partial charge in [0.1, 0.15) is 0 Å². The first kappa shape index (κ1) is 29.6. The third-order valence-electron chi connectivity index (χ3n) is 15.2. The van der Waals surface area contributed by atoms with E-state index in [0.29, 0.717) is 11.1 Å². The van der Waals surface area contributed by atoms with E-state index in [2.05, 4.69) is 144 Å². The molecule has 2 aromatic heterocycles. The molecule has 3 unspecified atom stereocenters. The van der Waals surface area contributed by atoms with Crippen molar-refractivity contribution in [1.82, 2.24) is 4.40 Å². The Morgan fingerprint density at radius 2 is 0.983 bits per heavy atom. The Kier molecular flexibility index (Phi) is 4.82. The zero-order chi connectivity index (χ0) is 37.9. The fourth-order valence-corrected chi connectivity index (χ4v) is 13.5. The number of nitriles is 3. The van der Waals surface area contributed by atoms with Gasteiger partial charge in [0, 0.05) is 50.6 Å². The van der Waals surface area contributed by atoms with Crippen molar-refractivity contribution >= 4 is 48.9 Å². The highest BCUT2D eigenvalue weighted by Gasteiger charge is 2.70. The molecule has 0 aliphatic heterocycles. The maximum Gasteiger partial charge on any atom is 0.0995 e. The molecule has 16 rings (SSSR count). The molecule has 8 aromatic carbocycles. The first-order valence-electron chi connectivity index (χ1n) is 20.1. The highest BCUT2D eigenvalue weighted by atomic mass is 14.9. The summed E-state index contributed by atoms with van der Waals surface area (Å²) < 4.78 is 2.40. The summed E-state index contributed by atoms with van der Waals surface area (Å²) in [6.45, 7) is 0. The first-order chi connectivity index (χ1) is 28.7. The predicted octanol–water partition coefficient (Wildman–Crippen LogP) is 11.5. The maximum atomic E-state index is 11.2. The second-order valence-electron chi connectivity index (χ2n) is 17.1. The maximum absolute atomic E-state index is 11.2. The van der Waals surface area contributed by atoms with Crippen LogP contribution in [0, 0.1) is 34.0 Å². The van der Waals surface area contributed by atoms with Gasteiger partial charge in [-0.2, -0.15) is 15.8 Å². The molecule has 0 N–H and O–H groups in total. The van der Waals surface area contributed by atoms with E-state index in [-0.39, 0.29) is 29.1 Å². The Morgan fingerprint density at radius 3 is 1.59 bits per heavy atom. The lowest BCUT2D eigenvalue weighted by molar-refractivity contribution is 0.333. The van der Waals surface area contributed by atoms with Gasteiger partial charge in [0.25, 0.3) is 0 Å². The zero-order valence-corrected chi connectivity index (χ0v) is 30.8. The van der Waals surface area contributed by atoms with E-state index in [1.165, 1.54) is 66.4 Å². The van der Waals surface area contributed by atoms with Crippen LogP contribution in [0.25, 0.3) is 48.9 Å². The Balaban J connectivity index is 1.18. The SMILES string of the molecule is N#Cc1ccc2c(c1)cc1c3c4c(c(C#N)cc3n3c5cc(C#N)c6c(c5c2c13)C1c2ccccc2C12c1ccccc1C62)C1c2ccccc2C4c2ccccc21. The summed E-state index contributed by atoms with van der Waals surface area (Å²) in [5.41, 5.74) is 20.3. The summed E-state index contributed by atoms with van der Waals surface area (Å²) in [4.78, 5) is 0. The predicted molar refractivity (Wildman–Crippen MR) is 225 cm³/mol. The summed E-state index contributed by atoms with van der Waals surface area (Å²) in [6.07, 6.45) is 0. The number of fused-ring (bicyclic) bond motifs is 16. The van der Waals surface area contributed by atoms with Gasteiger partial charge in [-0.25, -0.2) is 0 Å². The second kappa shape index (κ2) is 9.45. The van der Waals surface area contributed by atoms with Gasteiger partial charge in [0.05, 0.1) is 51.4 Å². The third-order valence-corrected chi connectivity index (χ3v) is 15.2. The van der Waals surface area contributed by atoms with Crippen LogP contribution < -0.4 is 0 Å². The number of hydrogen-bond donors (Lipinski definition) is 0. The monoisotopic (exact) mass is 730 g/mol. The molecule has 4 nitrogen and oxygen atoms in total. The van der Waals surface area contributed by atoms with Gasteiger partial charge < -0.3 is 4.40 Å². The third kappa shape index (κ3) is 2.83. The highest BCUT2D eigenvalue weighted by molar-refractivity contribution is 6.33. The van der Waals surface area contributed by atoms with E-state index in [9.17, 15) is 15.8 Å². The summed E-state index contributed by atoms with van der Waals surface area (Å²) in [5, 5.41) is 39.3. The van der Waals surface area contributed by atoms with E-state index < -0.39 is 0 Å². The Bertz CT molecular complexity index is 3780. The summed E-state index contributed by atoms with van der Waals surface area (Å²) in [6, 6.07) is 56.0. The lowest BCUT2D eigenvalue weighted by Gasteiger charge is -2.58. The Hall–Kier alpha value is -7.71. The Morgan fingerprint density at radius 1 is 0.448 bits per heavy atom. The van der Waals surface area contributed by atoms with Gasteiger partial charge in [-0.05, 0) is 108 Å². The first-order valence-corrected chi connectivity index (χ1v) is 20.1. The molecule has 6 aliphatic carbocycles. The molecular formula is C54H26N4. The molecule has 0 amide bonds. The van der Waals surface area contributed by atoms with E-state index in [1.807, 2.05) is 12.1 Å². The van der Waals surface area contributed by atoms with Crippen molar-refractivity contribution in [3.05, 3.63) is 217 Å². The molecular weight excluding hydrogens is 705 g/mol. The molecule has 58 heavy (non-hydrogen) atoms. The van der Waals surface area contributed by atoms with E-state index in [1.54, 1.807) is 0 Å². The highest BCUT2D eigenvalue weighted by Crippen LogP contribution is 2.78. The lowest BCUT2D eigenvalue weighted by atomic mass is 9.43. The number of nitrogens with zero attached hydrogens (tertiary/aromatic N) is 4. The van der Waals surface area contributed by atoms with Crippen molar-refractivity contribution in [2.75, 3.05) is 0 Å². The van der Waals surface area contributed by atoms with Crippen LogP contribution in [0.1, 0.15) is 107 Å². The number of aromatic nitrogens is 1. The van der Waals surface area contributed by atoms with Crippen LogP contribution in [0.4, 0.5) is 0 Å². The molecule has 2 heterocycles. The fraction of sp³-hybridized carbons (Fsp3) is 0.0926. The number of benzene rings is 8. The van der Waals surface area contributed by atoms with Gasteiger partial charge in [0.2, 0.25) is 0 Å². The average Bonchev–Trinajstić information content (AvgIpc) is 3.86. The molecule has 0 saturated heterocycles. The zero-order valence-electron chi connectivity index (χ0n) is 30.8. The topological polar surface area (TPSA) is 75.8 Å². The molecule has 4 heteroatoms. The van der Waals surface area contributed by atoms with Crippen molar-refractivity contribution in [3.8, 4) is 18.2 Å². The lowest BCUT2D eigenvalue weighted by Crippen LogP contribution is -2.52. The van der Waals surface area contributed by atoms with E-state index in [0.717, 1.165) is 54.8 Å². The van der Waals surface area contributed by atoms with E-state index >= 15 is 0 Å². The normalized spacial score (nSPS) is 21.8. The smallest absolute Gasteiger partial charge is 0.0995 e. The van der Waals surface area contributed by atoms with Crippen LogP contribution in [-0.4, -0.2) is 4.40 Å². The van der Waals surface area contributed by atoms with Gasteiger partial charge in [-0.1, -0.05) is 103 Å². The van der Waals surface area contributed by atoms with Crippen LogP contribution in [0.2, 0.25) is 0 Å². The van der Waals surface area contributed by atoms with Gasteiger partial charge in [-0.15, -0.1) is 0 Å². The number of rotatable bonds is 0. The van der Waals surface area contributed by atoms with Crippen molar-refractivity contribution in [1.29, 1.82) is 15.8 Å². The van der Waals surface area contributed by atoms with E-state index in [4.69, 9.17) is 0 Å². The van der Waals surface area contributed by atoms with Gasteiger partial charge in [0.15, 0.2) is 0 Å². The summed E-state index contributed by atoms with van der Waals surface area (Å²) >= 11 is 0. The average molecular weight is 731 g/mol. The van der Waals surface area contributed by atoms with Crippen molar-refractivity contribution < 1.29 is 0 Å². The molecule has 3 atom stereocenters. The Labute approximate surface area is 332 Å². The van der Waals surface area contributed by atoms with Crippen molar-refractivity contribution in [2.45, 2.75) is 29.1 Å². The van der Waals surface area contributed by atoms with Crippen LogP contribution >= 0.6 is 0 Å². The molecule has 6 aliphatic rings. The largest absolute Gasteiger partial charge is 0.308 e. The quantitative estimate of drug-likeness (QED) is 0.156. The summed E-state index contributed by atoms with van der Waals surface area (Å²) in [5.74, 6) is 0.108. The molecule has 0 saturated carbocycles. The second-order valence-corrected chi connectivity index (χ2v) is 17.1. The fourth-order valence-electron chi connectivity index (χ4n) is 13.5. The molecule has 0 fully saturated rings. The summed E-state index contributed by atoms with van der Waals surface area (Å²) in [7, 11) is 0. The van der Waals surface area contributed by atoms with Crippen LogP contribution in [0.3, 0.4) is 0 Å². The van der Waals surface area contributed by atoms with Crippen molar-refractivity contribution in [2.24, 2.45) is 0 Å². The van der Waals surface area contributed by atoms with Gasteiger partial charge in [-0.3, -0.25) is 0 Å². The molecule has 2 bridgehead atoms. The molecule has 10 aromatic rings. The van der Waals surface area contributed by atoms with Crippen LogP contribution in [0.5, 0.6) is 0 Å². The number of hydrogen-bond acceptors (Lipinski definition) is 3.